The number of furan rings is 1. The molecule has 2 rings (SSSR count). The molecule has 0 N–H and O–H groups in total. The number of carbonyl (C=O) groups is 1. The highest BCUT2D eigenvalue weighted by atomic mass is 35.5. The molecule has 2 heterocycles. The lowest BCUT2D eigenvalue weighted by Gasteiger charge is -1.93. The van der Waals surface area contributed by atoms with Gasteiger partial charge < -0.3 is 9.15 Å². The van der Waals surface area contributed by atoms with Crippen molar-refractivity contribution in [1.29, 1.82) is 0 Å². The number of hydrogen-bond acceptors (Lipinski definition) is 4. The molecule has 3 nitrogen and oxygen atoms in total. The number of ether oxygens (including phenoxy) is 1. The molecular weight excluding hydrogens is 236 g/mol. The minimum atomic E-state index is -0.482. The fourth-order valence-corrected chi connectivity index (χ4v) is 2.13. The number of esters is 1. The number of hydrogen-bond donors (Lipinski definition) is 0. The van der Waals surface area contributed by atoms with E-state index in [-0.39, 0.29) is 5.76 Å². The maximum Gasteiger partial charge on any atom is 0.373 e. The van der Waals surface area contributed by atoms with Crippen molar-refractivity contribution in [2.24, 2.45) is 0 Å². The van der Waals surface area contributed by atoms with E-state index in [1.165, 1.54) is 18.4 Å². The second-order valence-corrected chi connectivity index (χ2v) is 4.47. The summed E-state index contributed by atoms with van der Waals surface area (Å²) >= 11 is 7.19. The van der Waals surface area contributed by atoms with Gasteiger partial charge in [0.15, 0.2) is 0 Å². The van der Waals surface area contributed by atoms with Gasteiger partial charge >= 0.3 is 5.97 Å². The zero-order valence-corrected chi connectivity index (χ0v) is 9.39. The van der Waals surface area contributed by atoms with Gasteiger partial charge in [-0.1, -0.05) is 11.6 Å². The molecule has 0 aliphatic heterocycles. The fraction of sp³-hybridized carbons (Fsp3) is 0.100. The van der Waals surface area contributed by atoms with Crippen LogP contribution in [-0.4, -0.2) is 13.1 Å². The molecule has 0 bridgehead atoms. The second kappa shape index (κ2) is 4.08. The number of thiophene rings is 1. The lowest BCUT2D eigenvalue weighted by molar-refractivity contribution is 0.0566. The molecule has 0 saturated heterocycles. The van der Waals surface area contributed by atoms with Crippen molar-refractivity contribution in [2.75, 3.05) is 7.11 Å². The minimum absolute atomic E-state index is 0.192. The standard InChI is InChI=1S/C10H7ClO3S/c1-13-10(12)7-3-2-6(14-7)8-4-5-9(11)15-8/h2-5H,1H3. The number of methoxy groups -OCH3 is 1. The van der Waals surface area contributed by atoms with Crippen LogP contribution in [0.25, 0.3) is 10.6 Å². The fourth-order valence-electron chi connectivity index (χ4n) is 1.13. The van der Waals surface area contributed by atoms with Gasteiger partial charge in [0.25, 0.3) is 0 Å². The van der Waals surface area contributed by atoms with Crippen molar-refractivity contribution >= 4 is 28.9 Å². The van der Waals surface area contributed by atoms with Crippen LogP contribution in [0.2, 0.25) is 4.34 Å². The first kappa shape index (κ1) is 10.3. The topological polar surface area (TPSA) is 39.4 Å². The summed E-state index contributed by atoms with van der Waals surface area (Å²) < 4.78 is 10.5. The summed E-state index contributed by atoms with van der Waals surface area (Å²) in [6.07, 6.45) is 0. The maximum absolute atomic E-state index is 11.1. The average Bonchev–Trinajstić information content (AvgIpc) is 2.84. The van der Waals surface area contributed by atoms with E-state index in [1.54, 1.807) is 18.2 Å². The Labute approximate surface area is 95.2 Å². The Morgan fingerprint density at radius 3 is 2.80 bits per heavy atom. The maximum atomic E-state index is 11.1. The van der Waals surface area contributed by atoms with Gasteiger partial charge in [0.2, 0.25) is 5.76 Å². The SMILES string of the molecule is COC(=O)c1ccc(-c2ccc(Cl)s2)o1. The third kappa shape index (κ3) is 2.06. The molecule has 0 radical (unpaired) electrons. The Morgan fingerprint density at radius 1 is 1.40 bits per heavy atom. The molecule has 5 heteroatoms. The van der Waals surface area contributed by atoms with Crippen LogP contribution in [0, 0.1) is 0 Å². The van der Waals surface area contributed by atoms with Crippen LogP contribution in [0.15, 0.2) is 28.7 Å². The van der Waals surface area contributed by atoms with Crippen LogP contribution in [0.1, 0.15) is 10.6 Å². The molecule has 0 unspecified atom stereocenters. The van der Waals surface area contributed by atoms with Gasteiger partial charge in [0.1, 0.15) is 5.76 Å². The first-order valence-corrected chi connectivity index (χ1v) is 5.34. The van der Waals surface area contributed by atoms with E-state index in [4.69, 9.17) is 16.0 Å². The van der Waals surface area contributed by atoms with Crippen LogP contribution in [0.5, 0.6) is 0 Å². The first-order chi connectivity index (χ1) is 7.20. The predicted molar refractivity (Wildman–Crippen MR) is 58.4 cm³/mol. The Morgan fingerprint density at radius 2 is 2.20 bits per heavy atom. The molecule has 0 aliphatic carbocycles. The van der Waals surface area contributed by atoms with Crippen LogP contribution in [0.4, 0.5) is 0 Å². The summed E-state index contributed by atoms with van der Waals surface area (Å²) in [6, 6.07) is 6.91. The van der Waals surface area contributed by atoms with Crippen molar-refractivity contribution < 1.29 is 13.9 Å². The van der Waals surface area contributed by atoms with Crippen molar-refractivity contribution in [2.45, 2.75) is 0 Å². The number of carbonyl (C=O) groups excluding carboxylic acids is 1. The largest absolute Gasteiger partial charge is 0.463 e. The van der Waals surface area contributed by atoms with Crippen molar-refractivity contribution in [3.05, 3.63) is 34.4 Å². The second-order valence-electron chi connectivity index (χ2n) is 2.76. The smallest absolute Gasteiger partial charge is 0.373 e. The van der Waals surface area contributed by atoms with Crippen LogP contribution >= 0.6 is 22.9 Å². The summed E-state index contributed by atoms with van der Waals surface area (Å²) in [4.78, 5) is 12.0. The van der Waals surface area contributed by atoms with Gasteiger partial charge in [-0.15, -0.1) is 11.3 Å². The molecule has 0 aliphatic rings. The molecule has 0 aromatic carbocycles. The molecule has 15 heavy (non-hydrogen) atoms. The number of rotatable bonds is 2. The molecule has 2 aromatic heterocycles. The van der Waals surface area contributed by atoms with E-state index < -0.39 is 5.97 Å². The number of halogens is 1. The molecule has 2 aromatic rings. The van der Waals surface area contributed by atoms with Crippen LogP contribution in [-0.2, 0) is 4.74 Å². The summed E-state index contributed by atoms with van der Waals surface area (Å²) in [5.41, 5.74) is 0. The lowest BCUT2D eigenvalue weighted by atomic mass is 10.3. The lowest BCUT2D eigenvalue weighted by Crippen LogP contribution is -1.97. The van der Waals surface area contributed by atoms with E-state index in [0.717, 1.165) is 4.88 Å². The molecule has 0 atom stereocenters. The highest BCUT2D eigenvalue weighted by Crippen LogP contribution is 2.32. The Bertz CT molecular complexity index is 486. The summed E-state index contributed by atoms with van der Waals surface area (Å²) in [6.45, 7) is 0. The Balaban J connectivity index is 2.31. The third-order valence-electron chi connectivity index (χ3n) is 1.81. The van der Waals surface area contributed by atoms with Crippen LogP contribution < -0.4 is 0 Å². The van der Waals surface area contributed by atoms with Gasteiger partial charge in [-0.2, -0.15) is 0 Å². The molecule has 0 fully saturated rings. The average molecular weight is 243 g/mol. The van der Waals surface area contributed by atoms with E-state index in [9.17, 15) is 4.79 Å². The van der Waals surface area contributed by atoms with E-state index in [2.05, 4.69) is 4.74 Å². The molecule has 0 amide bonds. The predicted octanol–water partition coefficient (Wildman–Crippen LogP) is 3.45. The summed E-state index contributed by atoms with van der Waals surface area (Å²) in [7, 11) is 1.31. The Kier molecular flexibility index (Phi) is 2.79. The van der Waals surface area contributed by atoms with Gasteiger partial charge in [-0.05, 0) is 24.3 Å². The highest BCUT2D eigenvalue weighted by molar-refractivity contribution is 7.19. The van der Waals surface area contributed by atoms with Crippen molar-refractivity contribution in [1.82, 2.24) is 0 Å². The quantitative estimate of drug-likeness (QED) is 0.758. The first-order valence-electron chi connectivity index (χ1n) is 4.14. The van der Waals surface area contributed by atoms with Gasteiger partial charge in [0, 0.05) is 0 Å². The summed E-state index contributed by atoms with van der Waals surface area (Å²) in [5, 5.41) is 0. The Hall–Kier alpha value is -1.26. The molecule has 78 valence electrons. The zero-order chi connectivity index (χ0) is 10.8. The molecule has 0 spiro atoms. The minimum Gasteiger partial charge on any atom is -0.463 e. The zero-order valence-electron chi connectivity index (χ0n) is 7.82. The van der Waals surface area contributed by atoms with Gasteiger partial charge in [-0.3, -0.25) is 0 Å². The van der Waals surface area contributed by atoms with E-state index in [0.29, 0.717) is 10.1 Å². The monoisotopic (exact) mass is 242 g/mol. The normalized spacial score (nSPS) is 10.3. The molecular formula is C10H7ClO3S. The summed E-state index contributed by atoms with van der Waals surface area (Å²) in [5.74, 6) is 0.327. The van der Waals surface area contributed by atoms with E-state index >= 15 is 0 Å². The highest BCUT2D eigenvalue weighted by Gasteiger charge is 2.12. The van der Waals surface area contributed by atoms with Crippen LogP contribution in [0.3, 0.4) is 0 Å². The van der Waals surface area contributed by atoms with Crippen molar-refractivity contribution in [3.8, 4) is 10.6 Å². The molecule has 0 saturated carbocycles. The van der Waals surface area contributed by atoms with Crippen molar-refractivity contribution in [3.63, 3.8) is 0 Å². The van der Waals surface area contributed by atoms with Gasteiger partial charge in [-0.25, -0.2) is 4.79 Å². The van der Waals surface area contributed by atoms with E-state index in [1.807, 2.05) is 6.07 Å². The third-order valence-corrected chi connectivity index (χ3v) is 3.05. The van der Waals surface area contributed by atoms with Gasteiger partial charge in [0.05, 0.1) is 16.3 Å².